The number of methoxy groups -OCH3 is 1. The smallest absolute Gasteiger partial charge is 0.170 e. The third kappa shape index (κ3) is 2.85. The highest BCUT2D eigenvalue weighted by atomic mass is 16.5. The van der Waals surface area contributed by atoms with Gasteiger partial charge in [-0.05, 0) is 44.4 Å². The van der Waals surface area contributed by atoms with Gasteiger partial charge < -0.3 is 9.47 Å². The summed E-state index contributed by atoms with van der Waals surface area (Å²) in [5.41, 5.74) is 2.36. The maximum atomic E-state index is 13.0. The van der Waals surface area contributed by atoms with Crippen molar-refractivity contribution in [3.8, 4) is 17.6 Å². The fraction of sp³-hybridized carbons (Fsp3) is 0.381. The Balaban J connectivity index is 2.13. The van der Waals surface area contributed by atoms with E-state index in [0.717, 1.165) is 36.1 Å². The van der Waals surface area contributed by atoms with Gasteiger partial charge in [0.15, 0.2) is 5.78 Å². The molecule has 124 valence electrons. The lowest BCUT2D eigenvalue weighted by molar-refractivity contribution is -0.117. The van der Waals surface area contributed by atoms with E-state index in [-0.39, 0.29) is 11.7 Å². The first-order valence-electron chi connectivity index (χ1n) is 8.32. The summed E-state index contributed by atoms with van der Waals surface area (Å²) < 4.78 is 11.5. The molecule has 2 bridgehead atoms. The number of carbonyl (C=O) groups excluding carboxylic acids is 1. The molecule has 24 heavy (non-hydrogen) atoms. The zero-order valence-electron chi connectivity index (χ0n) is 14.2. The van der Waals surface area contributed by atoms with E-state index < -0.39 is 0 Å². The van der Waals surface area contributed by atoms with Gasteiger partial charge in [0.1, 0.15) is 18.1 Å². The van der Waals surface area contributed by atoms with Gasteiger partial charge in [-0.15, -0.1) is 5.92 Å². The summed E-state index contributed by atoms with van der Waals surface area (Å²) in [6, 6.07) is 5.73. The van der Waals surface area contributed by atoms with Crippen LogP contribution >= 0.6 is 0 Å². The topological polar surface area (TPSA) is 35.5 Å². The van der Waals surface area contributed by atoms with Crippen LogP contribution in [0.2, 0.25) is 0 Å². The van der Waals surface area contributed by atoms with Crippen LogP contribution in [0.4, 0.5) is 0 Å². The standard InChI is InChI=1S/C21H22O3/c1-4-6-14-7-10-17(18(12-14)23-3)19-20(22)15-8-9-16(13-15)21(19)24-11-5-2/h5,7,10,12,15-16H,2,8-9,11,13H2,1,3H3. The van der Waals surface area contributed by atoms with E-state index in [0.29, 0.717) is 23.8 Å². The fourth-order valence-corrected chi connectivity index (χ4v) is 3.71. The average Bonchev–Trinajstić information content (AvgIpc) is 3.04. The monoisotopic (exact) mass is 322 g/mol. The van der Waals surface area contributed by atoms with Gasteiger partial charge in [0.25, 0.3) is 0 Å². The number of fused-ring (bicyclic) bond motifs is 2. The lowest BCUT2D eigenvalue weighted by Gasteiger charge is -2.26. The molecule has 3 heteroatoms. The molecule has 2 unspecified atom stereocenters. The maximum absolute atomic E-state index is 13.0. The molecule has 0 N–H and O–H groups in total. The molecule has 0 spiro atoms. The summed E-state index contributed by atoms with van der Waals surface area (Å²) in [5.74, 6) is 7.99. The predicted molar refractivity (Wildman–Crippen MR) is 94.5 cm³/mol. The Morgan fingerprint density at radius 2 is 2.12 bits per heavy atom. The Kier molecular flexibility index (Phi) is 4.76. The van der Waals surface area contributed by atoms with Crippen molar-refractivity contribution < 1.29 is 14.3 Å². The number of carbonyl (C=O) groups is 1. The third-order valence-corrected chi connectivity index (χ3v) is 4.76. The van der Waals surface area contributed by atoms with Crippen molar-refractivity contribution in [2.75, 3.05) is 13.7 Å². The molecule has 0 aliphatic heterocycles. The molecule has 0 radical (unpaired) electrons. The van der Waals surface area contributed by atoms with E-state index in [1.165, 1.54) is 0 Å². The van der Waals surface area contributed by atoms with Crippen LogP contribution in [-0.4, -0.2) is 19.5 Å². The number of Topliss-reactive ketones (excluding diaryl/α,β-unsaturated/α-hetero) is 1. The van der Waals surface area contributed by atoms with Gasteiger partial charge in [-0.2, -0.15) is 0 Å². The summed E-state index contributed by atoms with van der Waals surface area (Å²) in [7, 11) is 1.62. The van der Waals surface area contributed by atoms with Gasteiger partial charge in [0, 0.05) is 23.0 Å². The largest absolute Gasteiger partial charge is 0.496 e. The van der Waals surface area contributed by atoms with Crippen LogP contribution < -0.4 is 4.74 Å². The molecule has 1 saturated carbocycles. The molecule has 1 aromatic carbocycles. The second-order valence-electron chi connectivity index (χ2n) is 6.20. The minimum Gasteiger partial charge on any atom is -0.496 e. The minimum absolute atomic E-state index is 0.112. The van der Waals surface area contributed by atoms with Gasteiger partial charge in [-0.25, -0.2) is 0 Å². The van der Waals surface area contributed by atoms with Crippen molar-refractivity contribution in [3.05, 3.63) is 47.7 Å². The summed E-state index contributed by atoms with van der Waals surface area (Å²) >= 11 is 0. The number of rotatable bonds is 5. The van der Waals surface area contributed by atoms with E-state index in [2.05, 4.69) is 18.4 Å². The van der Waals surface area contributed by atoms with Crippen LogP contribution in [0.15, 0.2) is 36.6 Å². The van der Waals surface area contributed by atoms with Crippen LogP contribution in [0.3, 0.4) is 0 Å². The van der Waals surface area contributed by atoms with Crippen molar-refractivity contribution in [3.63, 3.8) is 0 Å². The van der Waals surface area contributed by atoms with Crippen molar-refractivity contribution >= 4 is 11.4 Å². The second kappa shape index (κ2) is 6.97. The lowest BCUT2D eigenvalue weighted by Crippen LogP contribution is -2.23. The Morgan fingerprint density at radius 1 is 1.33 bits per heavy atom. The molecule has 1 fully saturated rings. The van der Waals surface area contributed by atoms with Gasteiger partial charge in [0.2, 0.25) is 0 Å². The summed E-state index contributed by atoms with van der Waals surface area (Å²) in [5, 5.41) is 0. The SMILES string of the molecule is C=CCOC1=C(c2ccc(C#CC)cc2OC)C(=O)C2CCC1C2. The first kappa shape index (κ1) is 16.4. The van der Waals surface area contributed by atoms with Crippen LogP contribution in [0.1, 0.15) is 37.3 Å². The van der Waals surface area contributed by atoms with E-state index in [4.69, 9.17) is 9.47 Å². The highest BCUT2D eigenvalue weighted by molar-refractivity contribution is 6.24. The Hall–Kier alpha value is -2.47. The molecular weight excluding hydrogens is 300 g/mol. The Labute approximate surface area is 143 Å². The molecule has 2 aliphatic carbocycles. The molecule has 3 rings (SSSR count). The van der Waals surface area contributed by atoms with Gasteiger partial charge in [0.05, 0.1) is 12.7 Å². The van der Waals surface area contributed by atoms with Crippen molar-refractivity contribution in [2.45, 2.75) is 26.2 Å². The first-order valence-corrected chi connectivity index (χ1v) is 8.32. The predicted octanol–water partition coefficient (Wildman–Crippen LogP) is 3.98. The molecule has 2 atom stereocenters. The Bertz CT molecular complexity index is 761. The average molecular weight is 322 g/mol. The normalized spacial score (nSPS) is 22.0. The fourth-order valence-electron chi connectivity index (χ4n) is 3.71. The van der Waals surface area contributed by atoms with Gasteiger partial charge >= 0.3 is 0 Å². The van der Waals surface area contributed by atoms with Crippen LogP contribution in [-0.2, 0) is 9.53 Å². The molecule has 3 nitrogen and oxygen atoms in total. The second-order valence-corrected chi connectivity index (χ2v) is 6.20. The molecule has 2 aliphatic rings. The van der Waals surface area contributed by atoms with Crippen molar-refractivity contribution in [1.29, 1.82) is 0 Å². The number of ether oxygens (including phenoxy) is 2. The number of hydrogen-bond acceptors (Lipinski definition) is 3. The zero-order chi connectivity index (χ0) is 17.1. The van der Waals surface area contributed by atoms with Gasteiger partial charge in [-0.1, -0.05) is 18.6 Å². The quantitative estimate of drug-likeness (QED) is 0.607. The van der Waals surface area contributed by atoms with E-state index in [9.17, 15) is 4.79 Å². The maximum Gasteiger partial charge on any atom is 0.170 e. The van der Waals surface area contributed by atoms with E-state index >= 15 is 0 Å². The number of ketones is 1. The van der Waals surface area contributed by atoms with Crippen molar-refractivity contribution in [1.82, 2.24) is 0 Å². The summed E-state index contributed by atoms with van der Waals surface area (Å²) in [6.07, 6.45) is 4.56. The lowest BCUT2D eigenvalue weighted by atomic mass is 9.83. The van der Waals surface area contributed by atoms with E-state index in [1.807, 2.05) is 18.2 Å². The molecular formula is C21H22O3. The Morgan fingerprint density at radius 3 is 2.83 bits per heavy atom. The van der Waals surface area contributed by atoms with Crippen LogP contribution in [0.5, 0.6) is 5.75 Å². The van der Waals surface area contributed by atoms with E-state index in [1.54, 1.807) is 20.1 Å². The molecule has 0 amide bonds. The zero-order valence-corrected chi connectivity index (χ0v) is 14.2. The summed E-state index contributed by atoms with van der Waals surface area (Å²) in [4.78, 5) is 13.0. The third-order valence-electron chi connectivity index (χ3n) is 4.76. The molecule has 1 aromatic rings. The van der Waals surface area contributed by atoms with Crippen LogP contribution in [0.25, 0.3) is 5.57 Å². The molecule has 0 heterocycles. The molecule has 0 aromatic heterocycles. The first-order chi connectivity index (χ1) is 11.7. The minimum atomic E-state index is 0.112. The number of hydrogen-bond donors (Lipinski definition) is 0. The highest BCUT2D eigenvalue weighted by Gasteiger charge is 2.42. The number of benzene rings is 1. The van der Waals surface area contributed by atoms with Crippen molar-refractivity contribution in [2.24, 2.45) is 11.8 Å². The summed E-state index contributed by atoms with van der Waals surface area (Å²) in [6.45, 7) is 5.93. The number of allylic oxidation sites excluding steroid dienone is 2. The van der Waals surface area contributed by atoms with Gasteiger partial charge in [-0.3, -0.25) is 4.79 Å². The molecule has 0 saturated heterocycles. The highest BCUT2D eigenvalue weighted by Crippen LogP contribution is 2.48. The van der Waals surface area contributed by atoms with Crippen LogP contribution in [0, 0.1) is 23.7 Å².